The number of carbonyl (C=O) groups is 1. The van der Waals surface area contributed by atoms with Crippen molar-refractivity contribution in [2.45, 2.75) is 40.3 Å². The molecule has 0 aliphatic heterocycles. The van der Waals surface area contributed by atoms with Crippen LogP contribution in [0.1, 0.15) is 35.6 Å². The minimum absolute atomic E-state index is 0.00459. The molecule has 1 amide bonds. The number of nitrogens with zero attached hydrogens (tertiary/aromatic N) is 2. The van der Waals surface area contributed by atoms with Crippen molar-refractivity contribution < 1.29 is 13.9 Å². The van der Waals surface area contributed by atoms with E-state index in [9.17, 15) is 9.59 Å². The fourth-order valence-electron chi connectivity index (χ4n) is 2.95. The average molecular weight is 369 g/mol. The quantitative estimate of drug-likeness (QED) is 0.675. The molecule has 0 spiro atoms. The van der Waals surface area contributed by atoms with Gasteiger partial charge in [0.15, 0.2) is 0 Å². The molecule has 0 unspecified atom stereocenters. The van der Waals surface area contributed by atoms with Gasteiger partial charge in [0.2, 0.25) is 0 Å². The SMILES string of the molecule is Cc1cc(C)n(CCNC(=O)c2cc(=O)oc3cc(OC(C)C)ccc23)n1. The zero-order valence-corrected chi connectivity index (χ0v) is 15.9. The molecule has 7 heteroatoms. The van der Waals surface area contributed by atoms with Gasteiger partial charge >= 0.3 is 5.63 Å². The van der Waals surface area contributed by atoms with Crippen LogP contribution in [0.2, 0.25) is 0 Å². The standard InChI is InChI=1S/C20H23N3O4/c1-12(2)26-15-5-6-16-17(11-19(24)27-18(16)10-15)20(25)21-7-8-23-14(4)9-13(3)22-23/h5-6,9-12H,7-8H2,1-4H3,(H,21,25). The second kappa shape index (κ2) is 7.65. The van der Waals surface area contributed by atoms with E-state index in [2.05, 4.69) is 10.4 Å². The fraction of sp³-hybridized carbons (Fsp3) is 0.350. The predicted molar refractivity (Wildman–Crippen MR) is 102 cm³/mol. The van der Waals surface area contributed by atoms with Crippen molar-refractivity contribution in [3.8, 4) is 5.75 Å². The summed E-state index contributed by atoms with van der Waals surface area (Å²) in [6.45, 7) is 8.66. The van der Waals surface area contributed by atoms with Crippen LogP contribution in [0.5, 0.6) is 5.75 Å². The van der Waals surface area contributed by atoms with Gasteiger partial charge in [0.05, 0.1) is 23.9 Å². The van der Waals surface area contributed by atoms with Crippen LogP contribution in [-0.4, -0.2) is 28.3 Å². The molecule has 0 radical (unpaired) electrons. The summed E-state index contributed by atoms with van der Waals surface area (Å²) in [5.74, 6) is 0.259. The summed E-state index contributed by atoms with van der Waals surface area (Å²) in [4.78, 5) is 24.5. The summed E-state index contributed by atoms with van der Waals surface area (Å²) in [6, 6.07) is 8.31. The van der Waals surface area contributed by atoms with Gasteiger partial charge in [-0.05, 0) is 45.9 Å². The molecule has 0 aliphatic rings. The first-order valence-corrected chi connectivity index (χ1v) is 8.87. The molecule has 2 aromatic heterocycles. The Hall–Kier alpha value is -3.09. The summed E-state index contributed by atoms with van der Waals surface area (Å²) < 4.78 is 12.7. The molecule has 2 heterocycles. The van der Waals surface area contributed by atoms with Crippen molar-refractivity contribution in [2.75, 3.05) is 6.54 Å². The maximum Gasteiger partial charge on any atom is 0.337 e. The highest BCUT2D eigenvalue weighted by molar-refractivity contribution is 6.05. The molecular formula is C20H23N3O4. The molecule has 3 aromatic rings. The van der Waals surface area contributed by atoms with Crippen LogP contribution in [0.25, 0.3) is 11.0 Å². The topological polar surface area (TPSA) is 86.4 Å². The molecule has 3 rings (SSSR count). The molecule has 142 valence electrons. The predicted octanol–water partition coefficient (Wildman–Crippen LogP) is 2.82. The molecule has 1 aromatic carbocycles. The van der Waals surface area contributed by atoms with Crippen molar-refractivity contribution in [1.82, 2.24) is 15.1 Å². The van der Waals surface area contributed by atoms with E-state index < -0.39 is 5.63 Å². The van der Waals surface area contributed by atoms with Gasteiger partial charge < -0.3 is 14.5 Å². The zero-order valence-electron chi connectivity index (χ0n) is 15.9. The Balaban J connectivity index is 1.79. The second-order valence-electron chi connectivity index (χ2n) is 6.71. The first kappa shape index (κ1) is 18.7. The highest BCUT2D eigenvalue weighted by atomic mass is 16.5. The van der Waals surface area contributed by atoms with Crippen LogP contribution in [0, 0.1) is 13.8 Å². The van der Waals surface area contributed by atoms with Gasteiger partial charge in [-0.25, -0.2) is 4.79 Å². The van der Waals surface area contributed by atoms with Crippen molar-refractivity contribution >= 4 is 16.9 Å². The average Bonchev–Trinajstić information content (AvgIpc) is 2.90. The number of rotatable bonds is 6. The van der Waals surface area contributed by atoms with E-state index in [0.717, 1.165) is 11.4 Å². The van der Waals surface area contributed by atoms with Crippen molar-refractivity contribution in [1.29, 1.82) is 0 Å². The van der Waals surface area contributed by atoms with Gasteiger partial charge in [0, 0.05) is 29.8 Å². The normalized spacial score (nSPS) is 11.1. The van der Waals surface area contributed by atoms with Gasteiger partial charge in [0.1, 0.15) is 11.3 Å². The van der Waals surface area contributed by atoms with Crippen LogP contribution in [0.15, 0.2) is 39.5 Å². The Bertz CT molecular complexity index is 1030. The van der Waals surface area contributed by atoms with Crippen LogP contribution in [0.3, 0.4) is 0 Å². The number of ether oxygens (including phenoxy) is 1. The van der Waals surface area contributed by atoms with E-state index in [1.807, 2.05) is 38.4 Å². The molecule has 0 fully saturated rings. The smallest absolute Gasteiger partial charge is 0.337 e. The van der Waals surface area contributed by atoms with Crippen LogP contribution < -0.4 is 15.7 Å². The molecule has 1 N–H and O–H groups in total. The minimum atomic E-state index is -0.576. The third-order valence-corrected chi connectivity index (χ3v) is 4.04. The van der Waals surface area contributed by atoms with Crippen molar-refractivity contribution in [3.63, 3.8) is 0 Å². The maximum absolute atomic E-state index is 12.6. The van der Waals surface area contributed by atoms with E-state index >= 15 is 0 Å². The van der Waals surface area contributed by atoms with Gasteiger partial charge in [-0.1, -0.05) is 0 Å². The number of aryl methyl sites for hydroxylation is 2. The van der Waals surface area contributed by atoms with Gasteiger partial charge in [-0.3, -0.25) is 9.48 Å². The van der Waals surface area contributed by atoms with E-state index in [1.54, 1.807) is 18.2 Å². The molecule has 0 atom stereocenters. The number of fused-ring (bicyclic) bond motifs is 1. The van der Waals surface area contributed by atoms with Crippen LogP contribution in [-0.2, 0) is 6.54 Å². The van der Waals surface area contributed by atoms with E-state index in [1.165, 1.54) is 6.07 Å². The van der Waals surface area contributed by atoms with E-state index in [0.29, 0.717) is 29.8 Å². The highest BCUT2D eigenvalue weighted by Gasteiger charge is 2.14. The Labute approximate surface area is 156 Å². The molecular weight excluding hydrogens is 346 g/mol. The lowest BCUT2D eigenvalue weighted by Crippen LogP contribution is -2.28. The number of hydrogen-bond donors (Lipinski definition) is 1. The zero-order chi connectivity index (χ0) is 19.6. The summed E-state index contributed by atoms with van der Waals surface area (Å²) in [6.07, 6.45) is -0.00459. The second-order valence-corrected chi connectivity index (χ2v) is 6.71. The molecule has 7 nitrogen and oxygen atoms in total. The Morgan fingerprint density at radius 3 is 2.70 bits per heavy atom. The first-order valence-electron chi connectivity index (χ1n) is 8.87. The monoisotopic (exact) mass is 369 g/mol. The third-order valence-electron chi connectivity index (χ3n) is 4.04. The Morgan fingerprint density at radius 1 is 1.26 bits per heavy atom. The summed E-state index contributed by atoms with van der Waals surface area (Å²) in [5, 5.41) is 7.77. The lowest BCUT2D eigenvalue weighted by atomic mass is 10.1. The molecule has 0 saturated carbocycles. The summed E-state index contributed by atoms with van der Waals surface area (Å²) in [7, 11) is 0. The van der Waals surface area contributed by atoms with E-state index in [4.69, 9.17) is 9.15 Å². The fourth-order valence-corrected chi connectivity index (χ4v) is 2.95. The molecule has 0 saturated heterocycles. The van der Waals surface area contributed by atoms with Crippen LogP contribution >= 0.6 is 0 Å². The molecule has 0 aliphatic carbocycles. The number of amides is 1. The summed E-state index contributed by atoms with van der Waals surface area (Å²) in [5.41, 5.74) is 2.00. The first-order chi connectivity index (χ1) is 12.8. The molecule has 0 bridgehead atoms. The Morgan fingerprint density at radius 2 is 2.04 bits per heavy atom. The van der Waals surface area contributed by atoms with Crippen molar-refractivity contribution in [2.24, 2.45) is 0 Å². The lowest BCUT2D eigenvalue weighted by Gasteiger charge is -2.11. The number of nitrogens with one attached hydrogen (secondary N) is 1. The third kappa shape index (κ3) is 4.36. The van der Waals surface area contributed by atoms with E-state index in [-0.39, 0.29) is 17.6 Å². The molecule has 27 heavy (non-hydrogen) atoms. The number of aromatic nitrogens is 2. The summed E-state index contributed by atoms with van der Waals surface area (Å²) >= 11 is 0. The van der Waals surface area contributed by atoms with Gasteiger partial charge in [-0.2, -0.15) is 5.10 Å². The van der Waals surface area contributed by atoms with Gasteiger partial charge in [0.25, 0.3) is 5.91 Å². The number of carbonyl (C=O) groups excluding carboxylic acids is 1. The van der Waals surface area contributed by atoms with Crippen LogP contribution in [0.4, 0.5) is 0 Å². The Kier molecular flexibility index (Phi) is 5.30. The van der Waals surface area contributed by atoms with Gasteiger partial charge in [-0.15, -0.1) is 0 Å². The number of hydrogen-bond acceptors (Lipinski definition) is 5. The minimum Gasteiger partial charge on any atom is -0.491 e. The largest absolute Gasteiger partial charge is 0.491 e. The maximum atomic E-state index is 12.6. The highest BCUT2D eigenvalue weighted by Crippen LogP contribution is 2.23. The number of benzene rings is 1. The van der Waals surface area contributed by atoms with Crippen molar-refractivity contribution in [3.05, 3.63) is 57.7 Å². The lowest BCUT2D eigenvalue weighted by molar-refractivity contribution is 0.0953.